The van der Waals surface area contributed by atoms with Crippen LogP contribution >= 0.6 is 0 Å². The van der Waals surface area contributed by atoms with Gasteiger partial charge in [-0.2, -0.15) is 0 Å². The third kappa shape index (κ3) is 1.51. The lowest BCUT2D eigenvalue weighted by atomic mass is 10.1. The largest absolute Gasteiger partial charge is 0.397 e. The summed E-state index contributed by atoms with van der Waals surface area (Å²) >= 11 is 0. The van der Waals surface area contributed by atoms with Crippen molar-refractivity contribution in [3.63, 3.8) is 0 Å². The van der Waals surface area contributed by atoms with Crippen LogP contribution in [0.15, 0.2) is 36.7 Å². The zero-order valence-electron chi connectivity index (χ0n) is 9.20. The smallest absolute Gasteiger partial charge is 0.288 e. The number of aromatic nitrogens is 2. The number of pyridine rings is 2. The molecule has 6 nitrogen and oxygen atoms in total. The van der Waals surface area contributed by atoms with E-state index in [1.807, 2.05) is 6.07 Å². The van der Waals surface area contributed by atoms with E-state index in [2.05, 4.69) is 9.97 Å². The maximum Gasteiger partial charge on any atom is 0.288 e. The molecule has 0 bridgehead atoms. The summed E-state index contributed by atoms with van der Waals surface area (Å²) in [6.07, 6.45) is 2.78. The van der Waals surface area contributed by atoms with Crippen LogP contribution in [0.1, 0.15) is 0 Å². The summed E-state index contributed by atoms with van der Waals surface area (Å²) < 4.78 is 0. The van der Waals surface area contributed by atoms with Crippen molar-refractivity contribution in [3.8, 4) is 0 Å². The number of fused-ring (bicyclic) bond motifs is 3. The monoisotopic (exact) mass is 240 g/mol. The van der Waals surface area contributed by atoms with Crippen molar-refractivity contribution in [3.05, 3.63) is 46.8 Å². The standard InChI is InChI=1S/C12H8N4O2/c13-9-3-7-1-2-8-4-10(16(17)18)6-15-12(8)11(7)14-5-9/h1-6H,13H2. The van der Waals surface area contributed by atoms with Crippen molar-refractivity contribution in [2.45, 2.75) is 0 Å². The van der Waals surface area contributed by atoms with Gasteiger partial charge in [0.25, 0.3) is 5.69 Å². The Labute approximate surface area is 101 Å². The Hall–Kier alpha value is -2.76. The van der Waals surface area contributed by atoms with E-state index in [9.17, 15) is 10.1 Å². The SMILES string of the molecule is Nc1cnc2c(ccc3cc([N+](=O)[O-])cnc32)c1. The average molecular weight is 240 g/mol. The van der Waals surface area contributed by atoms with E-state index in [1.165, 1.54) is 12.3 Å². The molecule has 1 aromatic carbocycles. The zero-order valence-corrected chi connectivity index (χ0v) is 9.20. The van der Waals surface area contributed by atoms with Gasteiger partial charge in [0.2, 0.25) is 0 Å². The molecule has 0 amide bonds. The Morgan fingerprint density at radius 1 is 1.06 bits per heavy atom. The van der Waals surface area contributed by atoms with Gasteiger partial charge >= 0.3 is 0 Å². The summed E-state index contributed by atoms with van der Waals surface area (Å²) in [4.78, 5) is 18.6. The van der Waals surface area contributed by atoms with E-state index in [1.54, 1.807) is 18.3 Å². The second kappa shape index (κ2) is 3.63. The average Bonchev–Trinajstić information content (AvgIpc) is 2.37. The normalized spacial score (nSPS) is 10.9. The van der Waals surface area contributed by atoms with Gasteiger partial charge in [0.1, 0.15) is 6.20 Å². The van der Waals surface area contributed by atoms with Gasteiger partial charge in [0.05, 0.1) is 27.8 Å². The molecule has 0 saturated carbocycles. The molecule has 0 saturated heterocycles. The number of nitrogens with zero attached hydrogens (tertiary/aromatic N) is 3. The summed E-state index contributed by atoms with van der Waals surface area (Å²) in [7, 11) is 0. The molecule has 0 unspecified atom stereocenters. The molecule has 18 heavy (non-hydrogen) atoms. The lowest BCUT2D eigenvalue weighted by Crippen LogP contribution is -1.92. The number of hydrogen-bond acceptors (Lipinski definition) is 5. The van der Waals surface area contributed by atoms with Crippen molar-refractivity contribution in [1.82, 2.24) is 9.97 Å². The fourth-order valence-electron chi connectivity index (χ4n) is 1.90. The summed E-state index contributed by atoms with van der Waals surface area (Å²) in [6, 6.07) is 6.88. The maximum atomic E-state index is 10.7. The highest BCUT2D eigenvalue weighted by Crippen LogP contribution is 2.25. The van der Waals surface area contributed by atoms with E-state index in [0.29, 0.717) is 22.1 Å². The first-order valence-corrected chi connectivity index (χ1v) is 5.23. The van der Waals surface area contributed by atoms with E-state index < -0.39 is 4.92 Å². The fraction of sp³-hybridized carbons (Fsp3) is 0. The lowest BCUT2D eigenvalue weighted by Gasteiger charge is -2.02. The molecular formula is C12H8N4O2. The highest BCUT2D eigenvalue weighted by Gasteiger charge is 2.09. The predicted molar refractivity (Wildman–Crippen MR) is 68.1 cm³/mol. The summed E-state index contributed by atoms with van der Waals surface area (Å²) in [5.41, 5.74) is 7.53. The van der Waals surface area contributed by atoms with Crippen LogP contribution in [0.3, 0.4) is 0 Å². The highest BCUT2D eigenvalue weighted by molar-refractivity contribution is 6.03. The molecule has 88 valence electrons. The summed E-state index contributed by atoms with van der Waals surface area (Å²) in [6.45, 7) is 0. The molecule has 3 aromatic rings. The molecule has 0 aliphatic carbocycles. The minimum absolute atomic E-state index is 0.0303. The van der Waals surface area contributed by atoms with Crippen molar-refractivity contribution in [2.24, 2.45) is 0 Å². The molecule has 0 atom stereocenters. The molecule has 6 heteroatoms. The molecule has 2 aromatic heterocycles. The van der Waals surface area contributed by atoms with Crippen molar-refractivity contribution in [1.29, 1.82) is 0 Å². The molecule has 0 spiro atoms. The Morgan fingerprint density at radius 3 is 2.33 bits per heavy atom. The topological polar surface area (TPSA) is 94.9 Å². The molecule has 2 N–H and O–H groups in total. The quantitative estimate of drug-likeness (QED) is 0.400. The highest BCUT2D eigenvalue weighted by atomic mass is 16.6. The summed E-state index contributed by atoms with van der Waals surface area (Å²) in [5.74, 6) is 0. The first-order valence-electron chi connectivity index (χ1n) is 5.23. The number of nitrogen functional groups attached to an aromatic ring is 1. The van der Waals surface area contributed by atoms with Crippen LogP contribution in [0.25, 0.3) is 21.8 Å². The van der Waals surface area contributed by atoms with Gasteiger partial charge < -0.3 is 5.73 Å². The lowest BCUT2D eigenvalue weighted by molar-refractivity contribution is -0.385. The van der Waals surface area contributed by atoms with E-state index in [0.717, 1.165) is 5.39 Å². The van der Waals surface area contributed by atoms with Crippen molar-refractivity contribution in [2.75, 3.05) is 5.73 Å². The van der Waals surface area contributed by atoms with Crippen LogP contribution in [-0.4, -0.2) is 14.9 Å². The van der Waals surface area contributed by atoms with E-state index in [4.69, 9.17) is 5.73 Å². The molecule has 3 rings (SSSR count). The second-order valence-corrected chi connectivity index (χ2v) is 3.93. The van der Waals surface area contributed by atoms with Gasteiger partial charge in [-0.1, -0.05) is 12.1 Å². The van der Waals surface area contributed by atoms with E-state index >= 15 is 0 Å². The number of rotatable bonds is 1. The molecular weight excluding hydrogens is 232 g/mol. The van der Waals surface area contributed by atoms with Crippen LogP contribution in [0.2, 0.25) is 0 Å². The second-order valence-electron chi connectivity index (χ2n) is 3.93. The van der Waals surface area contributed by atoms with Crippen molar-refractivity contribution < 1.29 is 4.92 Å². The van der Waals surface area contributed by atoms with Gasteiger partial charge in [-0.3, -0.25) is 15.1 Å². The summed E-state index contributed by atoms with van der Waals surface area (Å²) in [5, 5.41) is 12.2. The molecule has 0 aliphatic rings. The first-order chi connectivity index (χ1) is 8.65. The first kappa shape index (κ1) is 10.4. The number of anilines is 1. The number of nitrogens with two attached hydrogens (primary N) is 1. The molecule has 0 radical (unpaired) electrons. The van der Waals surface area contributed by atoms with Crippen LogP contribution in [-0.2, 0) is 0 Å². The Morgan fingerprint density at radius 2 is 1.67 bits per heavy atom. The number of benzene rings is 1. The number of hydrogen-bond donors (Lipinski definition) is 1. The predicted octanol–water partition coefficient (Wildman–Crippen LogP) is 2.27. The van der Waals surface area contributed by atoms with Gasteiger partial charge in [-0.25, -0.2) is 4.98 Å². The maximum absolute atomic E-state index is 10.7. The minimum atomic E-state index is -0.465. The Bertz CT molecular complexity index is 785. The van der Waals surface area contributed by atoms with Crippen LogP contribution in [0.5, 0.6) is 0 Å². The molecule has 2 heterocycles. The third-order valence-corrected chi connectivity index (χ3v) is 2.72. The van der Waals surface area contributed by atoms with Gasteiger partial charge in [0, 0.05) is 16.8 Å². The Balaban J connectivity index is 2.38. The molecule has 0 fully saturated rings. The van der Waals surface area contributed by atoms with Gasteiger partial charge in [-0.15, -0.1) is 0 Å². The van der Waals surface area contributed by atoms with Crippen LogP contribution in [0, 0.1) is 10.1 Å². The fourth-order valence-corrected chi connectivity index (χ4v) is 1.90. The molecule has 0 aliphatic heterocycles. The van der Waals surface area contributed by atoms with Crippen LogP contribution in [0.4, 0.5) is 11.4 Å². The van der Waals surface area contributed by atoms with Gasteiger partial charge in [-0.05, 0) is 6.07 Å². The minimum Gasteiger partial charge on any atom is -0.397 e. The zero-order chi connectivity index (χ0) is 12.7. The Kier molecular flexibility index (Phi) is 2.09. The third-order valence-electron chi connectivity index (χ3n) is 2.72. The van der Waals surface area contributed by atoms with Crippen molar-refractivity contribution >= 4 is 33.2 Å². The van der Waals surface area contributed by atoms with Crippen LogP contribution < -0.4 is 5.73 Å². The van der Waals surface area contributed by atoms with Gasteiger partial charge in [0.15, 0.2) is 0 Å². The number of nitro groups is 1. The van der Waals surface area contributed by atoms with E-state index in [-0.39, 0.29) is 5.69 Å².